The number of nitrogens with zero attached hydrogens (tertiary/aromatic N) is 2. The van der Waals surface area contributed by atoms with Crippen LogP contribution in [0.3, 0.4) is 0 Å². The molecule has 5 rings (SSSR count). The number of nitrogens with one attached hydrogen (secondary N) is 3. The minimum Gasteiger partial charge on any atom is -0.497 e. The first-order chi connectivity index (χ1) is 24.2. The fourth-order valence-corrected chi connectivity index (χ4v) is 5.95. The highest BCUT2D eigenvalue weighted by atomic mass is 16.5. The molecule has 9 nitrogen and oxygen atoms in total. The molecule has 4 N–H and O–H groups in total. The summed E-state index contributed by atoms with van der Waals surface area (Å²) in [5.41, 5.74) is 7.64. The number of hydrogen-bond donors (Lipinski definition) is 4. The van der Waals surface area contributed by atoms with Crippen molar-refractivity contribution in [1.82, 2.24) is 25.5 Å². The first kappa shape index (κ1) is 36.0. The molecule has 9 heteroatoms. The molecule has 0 saturated heterocycles. The highest BCUT2D eigenvalue weighted by Crippen LogP contribution is 2.18. The van der Waals surface area contributed by atoms with Crippen molar-refractivity contribution in [1.29, 1.82) is 0 Å². The molecule has 0 aliphatic rings. The monoisotopic (exact) mass is 673 g/mol. The van der Waals surface area contributed by atoms with Crippen molar-refractivity contribution in [3.63, 3.8) is 0 Å². The van der Waals surface area contributed by atoms with E-state index in [9.17, 15) is 14.7 Å². The van der Waals surface area contributed by atoms with E-state index < -0.39 is 6.10 Å². The van der Waals surface area contributed by atoms with Crippen LogP contribution in [0.25, 0.3) is 5.82 Å². The second-order valence-corrected chi connectivity index (χ2v) is 12.8. The molecule has 0 saturated carbocycles. The molecule has 0 spiro atoms. The molecule has 3 aromatic carbocycles. The largest absolute Gasteiger partial charge is 0.497 e. The van der Waals surface area contributed by atoms with Gasteiger partial charge in [0.05, 0.1) is 19.6 Å². The topological polar surface area (TPSA) is 118 Å². The number of aliphatic hydroxyl groups excluding tert-OH is 1. The molecule has 260 valence electrons. The van der Waals surface area contributed by atoms with Gasteiger partial charge in [-0.25, -0.2) is 4.98 Å². The van der Waals surface area contributed by atoms with Crippen molar-refractivity contribution in [2.75, 3.05) is 20.2 Å². The van der Waals surface area contributed by atoms with E-state index in [1.54, 1.807) is 25.4 Å². The van der Waals surface area contributed by atoms with Crippen LogP contribution < -0.4 is 20.7 Å². The van der Waals surface area contributed by atoms with E-state index in [2.05, 4.69) is 56.7 Å². The number of ether oxygens (including phenoxy) is 1. The van der Waals surface area contributed by atoms with Gasteiger partial charge in [0.1, 0.15) is 11.6 Å². The van der Waals surface area contributed by atoms with Crippen LogP contribution in [-0.2, 0) is 30.6 Å². The van der Waals surface area contributed by atoms with Crippen LogP contribution in [0.2, 0.25) is 0 Å². The molecule has 2 atom stereocenters. The third-order valence-electron chi connectivity index (χ3n) is 8.75. The average molecular weight is 674 g/mol. The third-order valence-corrected chi connectivity index (χ3v) is 8.75. The Morgan fingerprint density at radius 3 is 2.28 bits per heavy atom. The van der Waals surface area contributed by atoms with Crippen molar-refractivity contribution >= 4 is 11.8 Å². The van der Waals surface area contributed by atoms with Crippen LogP contribution in [0.4, 0.5) is 0 Å². The molecule has 2 amide bonds. The van der Waals surface area contributed by atoms with Gasteiger partial charge in [-0.2, -0.15) is 0 Å². The Kier molecular flexibility index (Phi) is 12.6. The minimum absolute atomic E-state index is 0.0717. The number of rotatable bonds is 16. The zero-order valence-electron chi connectivity index (χ0n) is 29.3. The lowest BCUT2D eigenvalue weighted by Gasteiger charge is -2.18. The van der Waals surface area contributed by atoms with Crippen LogP contribution >= 0.6 is 0 Å². The number of amides is 2. The van der Waals surface area contributed by atoms with Crippen molar-refractivity contribution < 1.29 is 19.4 Å². The standard InChI is InChI=1S/C41H47N5O4/c1-28(43-27-38(47)36-17-18-39(44-26-36)46-29(2)11-12-30(46)3)21-33-8-5-9-34(22-33)24-40(48)45-25-32-13-15-35(16-14-32)41(49)42-20-19-31-7-6-10-37(23-31)50-4/h5-18,22-23,26,28,38,43,47H,19-21,24-25,27H2,1-4H3,(H,42,49)(H,45,48)/t28?,38-/m0/s1. The maximum Gasteiger partial charge on any atom is 0.251 e. The van der Waals surface area contributed by atoms with Gasteiger partial charge in [0, 0.05) is 54.4 Å². The predicted molar refractivity (Wildman–Crippen MR) is 197 cm³/mol. The molecule has 0 aliphatic heterocycles. The second kappa shape index (κ2) is 17.4. The quantitative estimate of drug-likeness (QED) is 0.109. The Morgan fingerprint density at radius 1 is 0.840 bits per heavy atom. The highest BCUT2D eigenvalue weighted by Gasteiger charge is 2.13. The summed E-state index contributed by atoms with van der Waals surface area (Å²) in [6.45, 7) is 7.48. The van der Waals surface area contributed by atoms with Crippen molar-refractivity contribution in [3.8, 4) is 11.6 Å². The first-order valence-corrected chi connectivity index (χ1v) is 17.1. The van der Waals surface area contributed by atoms with Gasteiger partial charge in [0.2, 0.25) is 5.91 Å². The summed E-state index contributed by atoms with van der Waals surface area (Å²) in [5.74, 6) is 1.43. The number of carbonyl (C=O) groups excluding carboxylic acids is 2. The molecule has 0 bridgehead atoms. The smallest absolute Gasteiger partial charge is 0.251 e. The van der Waals surface area contributed by atoms with Gasteiger partial charge < -0.3 is 30.4 Å². The molecule has 2 heterocycles. The van der Waals surface area contributed by atoms with E-state index in [1.807, 2.05) is 74.5 Å². The molecule has 0 radical (unpaired) electrons. The molecule has 5 aromatic rings. The number of benzene rings is 3. The summed E-state index contributed by atoms with van der Waals surface area (Å²) in [4.78, 5) is 29.9. The van der Waals surface area contributed by atoms with Gasteiger partial charge in [0.15, 0.2) is 0 Å². The highest BCUT2D eigenvalue weighted by molar-refractivity contribution is 5.94. The summed E-state index contributed by atoms with van der Waals surface area (Å²) >= 11 is 0. The molecular weight excluding hydrogens is 626 g/mol. The van der Waals surface area contributed by atoms with Crippen LogP contribution in [0.1, 0.15) is 62.6 Å². The van der Waals surface area contributed by atoms with E-state index in [0.717, 1.165) is 57.2 Å². The van der Waals surface area contributed by atoms with Gasteiger partial charge in [0.25, 0.3) is 5.91 Å². The number of aliphatic hydroxyl groups is 1. The Morgan fingerprint density at radius 2 is 1.56 bits per heavy atom. The van der Waals surface area contributed by atoms with Gasteiger partial charge in [-0.3, -0.25) is 9.59 Å². The van der Waals surface area contributed by atoms with Gasteiger partial charge in [-0.05, 0) is 98.3 Å². The summed E-state index contributed by atoms with van der Waals surface area (Å²) in [5, 5.41) is 20.2. The number of hydrogen-bond acceptors (Lipinski definition) is 6. The maximum atomic E-state index is 12.8. The SMILES string of the molecule is COc1cccc(CCNC(=O)c2ccc(CNC(=O)Cc3cccc(CC(C)NC[C@H](O)c4ccc(-n5c(C)ccc5C)nc4)c3)cc2)c1. The zero-order valence-corrected chi connectivity index (χ0v) is 29.3. The minimum atomic E-state index is -0.676. The lowest BCUT2D eigenvalue weighted by atomic mass is 10.0. The number of carbonyl (C=O) groups is 2. The van der Waals surface area contributed by atoms with Crippen molar-refractivity contribution in [3.05, 3.63) is 148 Å². The zero-order chi connectivity index (χ0) is 35.5. The summed E-state index contributed by atoms with van der Waals surface area (Å²) in [7, 11) is 1.64. The van der Waals surface area contributed by atoms with Crippen LogP contribution in [0.15, 0.2) is 103 Å². The van der Waals surface area contributed by atoms with E-state index in [1.165, 1.54) is 0 Å². The number of pyridine rings is 1. The normalized spacial score (nSPS) is 12.3. The maximum absolute atomic E-state index is 12.8. The fraction of sp³-hybridized carbons (Fsp3) is 0.293. The summed E-state index contributed by atoms with van der Waals surface area (Å²) in [6.07, 6.45) is 2.80. The summed E-state index contributed by atoms with van der Waals surface area (Å²) < 4.78 is 7.34. The lowest BCUT2D eigenvalue weighted by molar-refractivity contribution is -0.120. The molecule has 2 aromatic heterocycles. The Hall–Kier alpha value is -5.25. The van der Waals surface area contributed by atoms with Gasteiger partial charge in [-0.1, -0.05) is 54.6 Å². The van der Waals surface area contributed by atoms with E-state index in [0.29, 0.717) is 31.6 Å². The molecule has 50 heavy (non-hydrogen) atoms. The predicted octanol–water partition coefficient (Wildman–Crippen LogP) is 5.58. The van der Waals surface area contributed by atoms with Crippen molar-refractivity contribution in [2.45, 2.75) is 58.7 Å². The number of aryl methyl sites for hydroxylation is 2. The van der Waals surface area contributed by atoms with E-state index in [-0.39, 0.29) is 24.3 Å². The third kappa shape index (κ3) is 10.1. The summed E-state index contributed by atoms with van der Waals surface area (Å²) in [6, 6.07) is 31.2. The molecule has 0 aliphatic carbocycles. The Balaban J connectivity index is 1.02. The van der Waals surface area contributed by atoms with Crippen LogP contribution in [0.5, 0.6) is 5.75 Å². The molecular formula is C41H47N5O4. The van der Waals surface area contributed by atoms with Gasteiger partial charge in [-0.15, -0.1) is 0 Å². The van der Waals surface area contributed by atoms with Crippen LogP contribution in [0, 0.1) is 13.8 Å². The Bertz CT molecular complexity index is 1850. The fourth-order valence-electron chi connectivity index (χ4n) is 5.95. The first-order valence-electron chi connectivity index (χ1n) is 17.1. The second-order valence-electron chi connectivity index (χ2n) is 12.8. The molecule has 1 unspecified atom stereocenters. The van der Waals surface area contributed by atoms with Crippen LogP contribution in [-0.4, -0.2) is 52.7 Å². The van der Waals surface area contributed by atoms with Crippen molar-refractivity contribution in [2.24, 2.45) is 0 Å². The van der Waals surface area contributed by atoms with E-state index >= 15 is 0 Å². The molecule has 0 fully saturated rings. The van der Waals surface area contributed by atoms with E-state index in [4.69, 9.17) is 4.74 Å². The van der Waals surface area contributed by atoms with Gasteiger partial charge >= 0.3 is 0 Å². The number of aromatic nitrogens is 2. The lowest BCUT2D eigenvalue weighted by Crippen LogP contribution is -2.32. The Labute approximate surface area is 294 Å². The average Bonchev–Trinajstić information content (AvgIpc) is 3.47. The number of methoxy groups -OCH3 is 1.